The quantitative estimate of drug-likeness (QED) is 0.747. The molecular weight excluding hydrogens is 248 g/mol. The van der Waals surface area contributed by atoms with Crippen molar-refractivity contribution in [3.63, 3.8) is 0 Å². The van der Waals surface area contributed by atoms with Gasteiger partial charge >= 0.3 is 0 Å². The van der Waals surface area contributed by atoms with Crippen LogP contribution in [0.5, 0.6) is 0 Å². The smallest absolute Gasteiger partial charge is 0.223 e. The summed E-state index contributed by atoms with van der Waals surface area (Å²) in [5.41, 5.74) is 6.58. The summed E-state index contributed by atoms with van der Waals surface area (Å²) >= 11 is 0. The van der Waals surface area contributed by atoms with Gasteiger partial charge in [0.05, 0.1) is 36.6 Å². The SMILES string of the molecule is CCC(COC)n1nnc(CC(N)=O)c1C(C)OC. The third-order valence-corrected chi connectivity index (χ3v) is 3.06. The van der Waals surface area contributed by atoms with Gasteiger partial charge in [-0.15, -0.1) is 5.10 Å². The van der Waals surface area contributed by atoms with E-state index < -0.39 is 5.91 Å². The Bertz CT molecular complexity index is 419. The molecular formula is C12H22N4O3. The molecule has 0 radical (unpaired) electrons. The Morgan fingerprint density at radius 3 is 2.63 bits per heavy atom. The molecule has 0 saturated heterocycles. The molecule has 0 spiro atoms. The maximum absolute atomic E-state index is 11.1. The van der Waals surface area contributed by atoms with Gasteiger partial charge < -0.3 is 15.2 Å². The van der Waals surface area contributed by atoms with Crippen molar-refractivity contribution in [1.29, 1.82) is 0 Å². The van der Waals surface area contributed by atoms with Crippen LogP contribution in [-0.2, 0) is 20.7 Å². The van der Waals surface area contributed by atoms with Crippen molar-refractivity contribution >= 4 is 5.91 Å². The second-order valence-corrected chi connectivity index (χ2v) is 4.40. The molecule has 0 aromatic carbocycles. The molecule has 0 saturated carbocycles. The van der Waals surface area contributed by atoms with Gasteiger partial charge in [-0.1, -0.05) is 12.1 Å². The summed E-state index contributed by atoms with van der Waals surface area (Å²) in [7, 11) is 3.25. The average molecular weight is 270 g/mol. The van der Waals surface area contributed by atoms with Gasteiger partial charge in [0.25, 0.3) is 0 Å². The van der Waals surface area contributed by atoms with Gasteiger partial charge in [0, 0.05) is 14.2 Å². The highest BCUT2D eigenvalue weighted by molar-refractivity contribution is 5.76. The number of nitrogens with zero attached hydrogens (tertiary/aromatic N) is 3. The summed E-state index contributed by atoms with van der Waals surface area (Å²) in [6.07, 6.45) is 0.693. The molecule has 2 unspecified atom stereocenters. The summed E-state index contributed by atoms with van der Waals surface area (Å²) in [6.45, 7) is 4.46. The molecule has 1 amide bonds. The van der Waals surface area contributed by atoms with E-state index in [1.54, 1.807) is 18.9 Å². The average Bonchev–Trinajstić information content (AvgIpc) is 2.77. The van der Waals surface area contributed by atoms with Crippen molar-refractivity contribution in [2.45, 2.75) is 38.8 Å². The first-order valence-corrected chi connectivity index (χ1v) is 6.29. The number of hydrogen-bond donors (Lipinski definition) is 1. The zero-order valence-electron chi connectivity index (χ0n) is 11.9. The van der Waals surface area contributed by atoms with Crippen LogP contribution in [0.3, 0.4) is 0 Å². The van der Waals surface area contributed by atoms with Crippen LogP contribution in [0.25, 0.3) is 0 Å². The van der Waals surface area contributed by atoms with Crippen molar-refractivity contribution in [3.05, 3.63) is 11.4 Å². The van der Waals surface area contributed by atoms with Gasteiger partial charge in [0.2, 0.25) is 5.91 Å². The molecule has 0 bridgehead atoms. The van der Waals surface area contributed by atoms with Gasteiger partial charge in [0.15, 0.2) is 0 Å². The van der Waals surface area contributed by atoms with Crippen molar-refractivity contribution < 1.29 is 14.3 Å². The number of primary amides is 1. The van der Waals surface area contributed by atoms with Gasteiger partial charge in [0.1, 0.15) is 0 Å². The number of carbonyl (C=O) groups is 1. The lowest BCUT2D eigenvalue weighted by atomic mass is 10.1. The van der Waals surface area contributed by atoms with E-state index in [-0.39, 0.29) is 18.6 Å². The molecule has 108 valence electrons. The van der Waals surface area contributed by atoms with E-state index in [2.05, 4.69) is 10.3 Å². The Morgan fingerprint density at radius 1 is 1.47 bits per heavy atom. The number of aromatic nitrogens is 3. The Morgan fingerprint density at radius 2 is 2.16 bits per heavy atom. The number of ether oxygens (including phenoxy) is 2. The number of carbonyl (C=O) groups excluding carboxylic acids is 1. The molecule has 0 aliphatic rings. The van der Waals surface area contributed by atoms with E-state index in [1.807, 2.05) is 13.8 Å². The number of methoxy groups -OCH3 is 2. The first-order valence-electron chi connectivity index (χ1n) is 6.29. The predicted octanol–water partition coefficient (Wildman–Crippen LogP) is 0.611. The topological polar surface area (TPSA) is 92.3 Å². The molecule has 1 aromatic rings. The summed E-state index contributed by atoms with van der Waals surface area (Å²) in [5.74, 6) is -0.434. The summed E-state index contributed by atoms with van der Waals surface area (Å²) in [6, 6.07) is 0.0618. The van der Waals surface area contributed by atoms with E-state index in [4.69, 9.17) is 15.2 Å². The van der Waals surface area contributed by atoms with Crippen molar-refractivity contribution in [2.75, 3.05) is 20.8 Å². The zero-order chi connectivity index (χ0) is 14.4. The Labute approximate surface area is 113 Å². The molecule has 0 aliphatic heterocycles. The van der Waals surface area contributed by atoms with Crippen molar-refractivity contribution in [1.82, 2.24) is 15.0 Å². The second-order valence-electron chi connectivity index (χ2n) is 4.40. The van der Waals surface area contributed by atoms with E-state index in [0.717, 1.165) is 12.1 Å². The lowest BCUT2D eigenvalue weighted by molar-refractivity contribution is -0.117. The molecule has 1 aromatic heterocycles. The van der Waals surface area contributed by atoms with Crippen molar-refractivity contribution in [3.8, 4) is 0 Å². The maximum atomic E-state index is 11.1. The van der Waals surface area contributed by atoms with Crippen LogP contribution in [0.15, 0.2) is 0 Å². The summed E-state index contributed by atoms with van der Waals surface area (Å²) in [4.78, 5) is 11.1. The van der Waals surface area contributed by atoms with Crippen LogP contribution < -0.4 is 5.73 Å². The van der Waals surface area contributed by atoms with Crippen LogP contribution in [0.2, 0.25) is 0 Å². The van der Waals surface area contributed by atoms with Crippen LogP contribution in [-0.4, -0.2) is 41.7 Å². The normalized spacial score (nSPS) is 14.3. The predicted molar refractivity (Wildman–Crippen MR) is 69.5 cm³/mol. The Kier molecular flexibility index (Phi) is 5.91. The van der Waals surface area contributed by atoms with Gasteiger partial charge in [-0.2, -0.15) is 0 Å². The molecule has 0 aliphatic carbocycles. The van der Waals surface area contributed by atoms with E-state index >= 15 is 0 Å². The molecule has 7 nitrogen and oxygen atoms in total. The summed E-state index contributed by atoms with van der Waals surface area (Å²) < 4.78 is 12.3. The summed E-state index contributed by atoms with van der Waals surface area (Å²) in [5, 5.41) is 8.18. The molecule has 2 N–H and O–H groups in total. The van der Waals surface area contributed by atoms with Crippen LogP contribution in [0.1, 0.15) is 43.8 Å². The van der Waals surface area contributed by atoms with E-state index in [0.29, 0.717) is 12.3 Å². The third kappa shape index (κ3) is 3.74. The Balaban J connectivity index is 3.15. The molecule has 19 heavy (non-hydrogen) atoms. The van der Waals surface area contributed by atoms with Gasteiger partial charge in [-0.25, -0.2) is 4.68 Å². The monoisotopic (exact) mass is 270 g/mol. The highest BCUT2D eigenvalue weighted by atomic mass is 16.5. The molecule has 1 heterocycles. The maximum Gasteiger partial charge on any atom is 0.223 e. The number of nitrogens with two attached hydrogens (primary N) is 1. The second kappa shape index (κ2) is 7.20. The number of amides is 1. The number of rotatable bonds is 8. The molecule has 0 fully saturated rings. The fourth-order valence-electron chi connectivity index (χ4n) is 1.98. The lowest BCUT2D eigenvalue weighted by Crippen LogP contribution is -2.21. The minimum atomic E-state index is -0.434. The minimum absolute atomic E-state index is 0.0618. The van der Waals surface area contributed by atoms with E-state index in [1.165, 1.54) is 0 Å². The fourth-order valence-corrected chi connectivity index (χ4v) is 1.98. The number of hydrogen-bond acceptors (Lipinski definition) is 5. The fraction of sp³-hybridized carbons (Fsp3) is 0.750. The molecule has 1 rings (SSSR count). The van der Waals surface area contributed by atoms with Crippen LogP contribution in [0, 0.1) is 0 Å². The minimum Gasteiger partial charge on any atom is -0.382 e. The van der Waals surface area contributed by atoms with Crippen LogP contribution >= 0.6 is 0 Å². The van der Waals surface area contributed by atoms with E-state index in [9.17, 15) is 4.79 Å². The highest BCUT2D eigenvalue weighted by Gasteiger charge is 2.24. The third-order valence-electron chi connectivity index (χ3n) is 3.06. The van der Waals surface area contributed by atoms with Crippen LogP contribution in [0.4, 0.5) is 0 Å². The molecule has 7 heteroatoms. The first kappa shape index (κ1) is 15.6. The zero-order valence-corrected chi connectivity index (χ0v) is 11.9. The Hall–Kier alpha value is -1.47. The highest BCUT2D eigenvalue weighted by Crippen LogP contribution is 2.24. The molecule has 2 atom stereocenters. The largest absolute Gasteiger partial charge is 0.382 e. The standard InChI is InChI=1S/C12H22N4O3/c1-5-9(7-18-3)16-12(8(2)19-4)10(14-15-16)6-11(13)17/h8-9H,5-7H2,1-4H3,(H2,13,17). The lowest BCUT2D eigenvalue weighted by Gasteiger charge is -2.20. The van der Waals surface area contributed by atoms with Crippen molar-refractivity contribution in [2.24, 2.45) is 5.73 Å². The van der Waals surface area contributed by atoms with Gasteiger partial charge in [-0.05, 0) is 13.3 Å². The van der Waals surface area contributed by atoms with Gasteiger partial charge in [-0.3, -0.25) is 4.79 Å². The first-order chi connectivity index (χ1) is 9.04.